The summed E-state index contributed by atoms with van der Waals surface area (Å²) in [5.41, 5.74) is 24.3. The molecule has 1 amide bonds. The molecule has 9 rings (SSSR count). The monoisotopic (exact) mass is 1090 g/mol. The second kappa shape index (κ2) is 25.3. The lowest BCUT2D eigenvalue weighted by atomic mass is 9.45. The summed E-state index contributed by atoms with van der Waals surface area (Å²) in [6.45, 7) is 8.40. The molecule has 3 aliphatic heterocycles. The molecule has 0 saturated heterocycles. The van der Waals surface area contributed by atoms with E-state index in [0.29, 0.717) is 92.0 Å². The van der Waals surface area contributed by atoms with E-state index >= 15 is 4.79 Å². The third kappa shape index (κ3) is 12.3. The summed E-state index contributed by atoms with van der Waals surface area (Å²) < 4.78 is 6.25. The number of nitrogens with zero attached hydrogens (tertiary/aromatic N) is 1. The quantitative estimate of drug-likeness (QED) is 0.0608. The molecule has 3 fully saturated rings. The minimum Gasteiger partial charge on any atom is -0.508 e. The molecule has 426 valence electrons. The average molecular weight is 1090 g/mol. The van der Waals surface area contributed by atoms with E-state index in [4.69, 9.17) is 21.9 Å². The van der Waals surface area contributed by atoms with Crippen molar-refractivity contribution in [1.82, 2.24) is 10.6 Å². The van der Waals surface area contributed by atoms with Crippen LogP contribution in [0.5, 0.6) is 5.75 Å². The highest BCUT2D eigenvalue weighted by Crippen LogP contribution is 2.69. The van der Waals surface area contributed by atoms with E-state index in [9.17, 15) is 35.4 Å². The number of carbonyl (C=O) groups excluding carboxylic acids is 2. The van der Waals surface area contributed by atoms with Gasteiger partial charge >= 0.3 is 0 Å². The summed E-state index contributed by atoms with van der Waals surface area (Å²) in [4.78, 5) is 33.9. The maximum Gasteiger partial charge on any atom is 0.243 e. The number of aliphatic hydroxyl groups is 5. The van der Waals surface area contributed by atoms with Gasteiger partial charge in [0.2, 0.25) is 5.91 Å². The Hall–Kier alpha value is -6.19. The van der Waals surface area contributed by atoms with Gasteiger partial charge in [-0.15, -0.1) is 0 Å². The summed E-state index contributed by atoms with van der Waals surface area (Å²) in [5.74, 6) is 3.56. The first-order valence-corrected chi connectivity index (χ1v) is 28.6. The highest BCUT2D eigenvalue weighted by Gasteiger charge is 2.70. The lowest BCUT2D eigenvalue weighted by Crippen LogP contribution is -2.65. The van der Waals surface area contributed by atoms with Crippen LogP contribution in [0.1, 0.15) is 130 Å². The molecule has 3 aromatic rings. The number of ether oxygens (including phenoxy) is 1. The number of fused-ring (bicyclic) bond motifs is 3. The second-order valence-corrected chi connectivity index (χ2v) is 23.5. The smallest absolute Gasteiger partial charge is 0.243 e. The van der Waals surface area contributed by atoms with E-state index < -0.39 is 77.2 Å². The fraction of sp³-hybridized carbons (Fsp3) is 0.492. The van der Waals surface area contributed by atoms with Gasteiger partial charge in [-0.3, -0.25) is 19.9 Å². The van der Waals surface area contributed by atoms with E-state index in [1.54, 1.807) is 30.3 Å². The Morgan fingerprint density at radius 2 is 1.73 bits per heavy atom. The van der Waals surface area contributed by atoms with Gasteiger partial charge in [0.05, 0.1) is 36.6 Å². The number of hydrogen-bond acceptors (Lipinski definition) is 12. The molecule has 15 heteroatoms. The first-order valence-electron chi connectivity index (χ1n) is 28.6. The normalized spacial score (nSPS) is 32.3. The molecule has 3 aliphatic carbocycles. The van der Waals surface area contributed by atoms with Gasteiger partial charge in [-0.1, -0.05) is 115 Å². The highest BCUT2D eigenvalue weighted by atomic mass is 16.5. The standard InChI is InChI=1S/C65H82N6O9/c1-38-10-4-5-29-80-37-45(15-6-11-39(2)55(74)25-18-38)51-34-46-16-9-27-64(79)28-26-49-40(3)56(75)33-44-14-8-17-50-58(44)59(62(78)71-61(50)66)69-36-57(76)52(53(35-70-63(67)68)43-19-21-47(72)22-20-43)32-42-13-7-12-41(30-42)31-48(73)23-24-54(49)65(46,64)60(51)77/h6-8,11-15,17-22,30,46,48,51-55,57,59-61,69,72-74,76-77,79H,2,9-10,16,23-29,31-37,66H2,1,3H3,(H,71,78)(H4,67,68,70). The number of aromatic hydroxyl groups is 1. The molecule has 13 unspecified atom stereocenters. The van der Waals surface area contributed by atoms with E-state index in [0.717, 1.165) is 46.3 Å². The number of β-amino-alcohol motifs (C(OH)–C–C–N with tert-alkyl or cyclic N) is 1. The van der Waals surface area contributed by atoms with Crippen molar-refractivity contribution < 1.29 is 45.0 Å². The van der Waals surface area contributed by atoms with Gasteiger partial charge in [0, 0.05) is 43.2 Å². The zero-order chi connectivity index (χ0) is 56.9. The lowest BCUT2D eigenvalue weighted by molar-refractivity contribution is -0.216. The summed E-state index contributed by atoms with van der Waals surface area (Å²) in [6, 6.07) is 19.2. The summed E-state index contributed by atoms with van der Waals surface area (Å²) in [6.07, 6.45) is 8.47. The van der Waals surface area contributed by atoms with Gasteiger partial charge in [0.25, 0.3) is 0 Å². The number of rotatable bonds is 5. The maximum absolute atomic E-state index is 15.3. The number of allylic oxidation sites excluding steroid dienone is 5. The summed E-state index contributed by atoms with van der Waals surface area (Å²) in [7, 11) is 0. The van der Waals surface area contributed by atoms with Crippen LogP contribution in [0.4, 0.5) is 0 Å². The number of phenols is 1. The number of hydrogen-bond donors (Lipinski definition) is 11. The first-order chi connectivity index (χ1) is 38.4. The van der Waals surface area contributed by atoms with E-state index in [1.165, 1.54) is 0 Å². The summed E-state index contributed by atoms with van der Waals surface area (Å²) >= 11 is 0. The average Bonchev–Trinajstić information content (AvgIpc) is 3.98. The molecule has 0 aromatic heterocycles. The molecule has 2 bridgehead atoms. The maximum atomic E-state index is 15.3. The topological polar surface area (TPSA) is 279 Å². The molecule has 6 aliphatic rings. The number of nitrogens with one attached hydrogen (secondary N) is 2. The van der Waals surface area contributed by atoms with Crippen LogP contribution in [0.15, 0.2) is 130 Å². The number of phenolic OH excluding ortho intramolecular Hbond substituents is 1. The summed E-state index contributed by atoms with van der Waals surface area (Å²) in [5, 5.41) is 79.1. The largest absolute Gasteiger partial charge is 0.508 e. The van der Waals surface area contributed by atoms with Crippen molar-refractivity contribution in [2.75, 3.05) is 26.3 Å². The third-order valence-electron chi connectivity index (χ3n) is 18.7. The number of aliphatic hydroxyl groups excluding tert-OH is 4. The van der Waals surface area contributed by atoms with Crippen molar-refractivity contribution in [3.8, 4) is 17.6 Å². The number of benzene rings is 3. The van der Waals surface area contributed by atoms with E-state index in [2.05, 4.69) is 34.0 Å². The highest BCUT2D eigenvalue weighted by molar-refractivity contribution is 5.98. The zero-order valence-corrected chi connectivity index (χ0v) is 46.3. The zero-order valence-electron chi connectivity index (χ0n) is 46.3. The van der Waals surface area contributed by atoms with E-state index in [1.807, 2.05) is 74.5 Å². The first kappa shape index (κ1) is 58.5. The predicted octanol–water partition coefficient (Wildman–Crippen LogP) is 5.98. The van der Waals surface area contributed by atoms with Crippen molar-refractivity contribution in [2.24, 2.45) is 51.3 Å². The van der Waals surface area contributed by atoms with Crippen molar-refractivity contribution in [2.45, 2.75) is 145 Å². The number of nitrogens with two attached hydrogens (primary N) is 3. The van der Waals surface area contributed by atoms with Gasteiger partial charge in [0.1, 0.15) is 24.6 Å². The van der Waals surface area contributed by atoms with Crippen LogP contribution in [0, 0.1) is 40.9 Å². The minimum absolute atomic E-state index is 0.0575. The Morgan fingerprint density at radius 1 is 0.963 bits per heavy atom. The molecular formula is C65H82N6O9. The van der Waals surface area contributed by atoms with Crippen LogP contribution < -0.4 is 27.8 Å². The molecule has 0 radical (unpaired) electrons. The number of carbonyl (C=O) groups is 2. The Kier molecular flexibility index (Phi) is 18.5. The van der Waals surface area contributed by atoms with Crippen LogP contribution >= 0.6 is 0 Å². The van der Waals surface area contributed by atoms with Crippen LogP contribution in [-0.2, 0) is 33.6 Å². The molecule has 3 saturated carbocycles. The number of amides is 1. The van der Waals surface area contributed by atoms with Crippen LogP contribution in [-0.4, -0.2) is 105 Å². The fourth-order valence-corrected chi connectivity index (χ4v) is 14.7. The van der Waals surface area contributed by atoms with Gasteiger partial charge in [-0.25, -0.2) is 0 Å². The Labute approximate surface area is 470 Å². The van der Waals surface area contributed by atoms with Gasteiger partial charge in [-0.2, -0.15) is 0 Å². The Morgan fingerprint density at radius 3 is 2.50 bits per heavy atom. The van der Waals surface area contributed by atoms with Gasteiger partial charge in [0.15, 0.2) is 11.7 Å². The van der Waals surface area contributed by atoms with Gasteiger partial charge < -0.3 is 57.9 Å². The van der Waals surface area contributed by atoms with Crippen molar-refractivity contribution in [3.05, 3.63) is 159 Å². The van der Waals surface area contributed by atoms with Crippen molar-refractivity contribution in [3.63, 3.8) is 0 Å². The fourth-order valence-electron chi connectivity index (χ4n) is 14.7. The molecule has 13 atom stereocenters. The van der Waals surface area contributed by atoms with Crippen molar-refractivity contribution in [1.29, 1.82) is 0 Å². The number of Topliss-reactive ketones (excluding diaryl/α,β-unsaturated/α-hetero) is 1. The molecule has 1 spiro atoms. The predicted molar refractivity (Wildman–Crippen MR) is 309 cm³/mol. The molecule has 80 heavy (non-hydrogen) atoms. The van der Waals surface area contributed by atoms with E-state index in [-0.39, 0.29) is 56.1 Å². The van der Waals surface area contributed by atoms with Crippen LogP contribution in [0.3, 0.4) is 0 Å². The second-order valence-electron chi connectivity index (χ2n) is 23.5. The number of ketones is 1. The van der Waals surface area contributed by atoms with Gasteiger partial charge in [-0.05, 0) is 158 Å². The Balaban J connectivity index is 1.14. The minimum atomic E-state index is -1.29. The third-order valence-corrected chi connectivity index (χ3v) is 18.7. The van der Waals surface area contributed by atoms with Crippen LogP contribution in [0.25, 0.3) is 0 Å². The van der Waals surface area contributed by atoms with Crippen LogP contribution in [0.2, 0.25) is 0 Å². The molecule has 15 nitrogen and oxygen atoms in total. The molecule has 3 heterocycles. The number of aliphatic imine (C=N–C) groups is 1. The molecule has 14 N–H and O–H groups in total. The SMILES string of the molecule is C=C1C=CC=C(C2CC3CCCC4(O)CCC5=C(C)C(=O)Cc6cccc7c6C(NCC(O)C(C(CN=C(N)N)c6ccc(O)cc6)Cc6cccc(c6)CC(O)CCC5C34C2O)C(=O)NC7N)COCC#CCC(C)=CCC1O. The molecule has 3 aromatic carbocycles. The lowest BCUT2D eigenvalue weighted by Gasteiger charge is -2.61. The Bertz CT molecular complexity index is 3000. The molecular weight excluding hydrogens is 1010 g/mol. The number of guanidine groups is 1. The van der Waals surface area contributed by atoms with Crippen molar-refractivity contribution >= 4 is 17.6 Å².